The summed E-state index contributed by atoms with van der Waals surface area (Å²) < 4.78 is 39.0. The van der Waals surface area contributed by atoms with Crippen molar-refractivity contribution in [3.8, 4) is 0 Å². The number of rotatable bonds is 5. The van der Waals surface area contributed by atoms with E-state index < -0.39 is 21.7 Å². The number of halogens is 1. The third-order valence-corrected chi connectivity index (χ3v) is 5.41. The molecule has 3 rings (SSSR count). The van der Waals surface area contributed by atoms with Crippen molar-refractivity contribution in [2.75, 3.05) is 54.4 Å². The number of hydrogen-bond donors (Lipinski definition) is 2. The molecule has 1 saturated heterocycles. The first-order valence-corrected chi connectivity index (χ1v) is 11.1. The number of aryl methyl sites for hydroxylation is 1. The van der Waals surface area contributed by atoms with E-state index >= 15 is 0 Å². The fourth-order valence-corrected chi connectivity index (χ4v) is 3.90. The Balaban J connectivity index is 1.79. The summed E-state index contributed by atoms with van der Waals surface area (Å²) in [6.45, 7) is 5.84. The molecule has 0 aliphatic carbocycles. The Morgan fingerprint density at radius 1 is 1.07 bits per heavy atom. The van der Waals surface area contributed by atoms with Crippen LogP contribution < -0.4 is 14.9 Å². The number of likely N-dealkylation sites (N-methyl/N-ethyl adjacent to an activating group) is 1. The van der Waals surface area contributed by atoms with Crippen LogP contribution in [-0.2, 0) is 10.0 Å². The third-order valence-electron chi connectivity index (χ3n) is 4.82. The highest BCUT2D eigenvalue weighted by atomic mass is 32.2. The molecule has 0 aromatic heterocycles. The van der Waals surface area contributed by atoms with E-state index in [1.54, 1.807) is 6.07 Å². The second kappa shape index (κ2) is 8.38. The monoisotopic (exact) mass is 420 g/mol. The Hall–Kier alpha value is -2.65. The third kappa shape index (κ3) is 5.45. The van der Waals surface area contributed by atoms with E-state index in [1.165, 1.54) is 6.07 Å². The summed E-state index contributed by atoms with van der Waals surface area (Å²) >= 11 is 0. The number of carbonyl (C=O) groups excluding carboxylic acids is 1. The minimum absolute atomic E-state index is 0.0252. The Morgan fingerprint density at radius 2 is 1.76 bits per heavy atom. The van der Waals surface area contributed by atoms with Crippen molar-refractivity contribution in [2.45, 2.75) is 6.92 Å². The molecular weight excluding hydrogens is 395 g/mol. The number of amides is 1. The molecule has 1 aliphatic heterocycles. The molecule has 9 heteroatoms. The number of nitrogens with zero attached hydrogens (tertiary/aromatic N) is 2. The quantitative estimate of drug-likeness (QED) is 0.777. The van der Waals surface area contributed by atoms with Crippen molar-refractivity contribution in [3.63, 3.8) is 0 Å². The van der Waals surface area contributed by atoms with Crippen LogP contribution in [0.15, 0.2) is 36.4 Å². The summed E-state index contributed by atoms with van der Waals surface area (Å²) in [6, 6.07) is 8.94. The molecule has 0 atom stereocenters. The van der Waals surface area contributed by atoms with E-state index in [9.17, 15) is 17.6 Å². The Morgan fingerprint density at radius 3 is 2.38 bits per heavy atom. The van der Waals surface area contributed by atoms with E-state index in [-0.39, 0.29) is 11.3 Å². The fraction of sp³-hybridized carbons (Fsp3) is 0.350. The van der Waals surface area contributed by atoms with E-state index in [2.05, 4.69) is 26.9 Å². The van der Waals surface area contributed by atoms with Crippen LogP contribution in [0.5, 0.6) is 0 Å². The second-order valence-electron chi connectivity index (χ2n) is 7.31. The zero-order valence-electron chi connectivity index (χ0n) is 16.7. The molecule has 1 aliphatic rings. The van der Waals surface area contributed by atoms with E-state index in [0.29, 0.717) is 5.69 Å². The molecule has 7 nitrogen and oxygen atoms in total. The Kier molecular flexibility index (Phi) is 6.09. The van der Waals surface area contributed by atoms with Crippen LogP contribution in [0, 0.1) is 12.7 Å². The molecule has 0 unspecified atom stereocenters. The lowest BCUT2D eigenvalue weighted by molar-refractivity contribution is 0.102. The molecule has 29 heavy (non-hydrogen) atoms. The molecule has 0 saturated carbocycles. The van der Waals surface area contributed by atoms with Gasteiger partial charge in [-0.05, 0) is 55.9 Å². The predicted octanol–water partition coefficient (Wildman–Crippen LogP) is 2.51. The number of benzene rings is 2. The number of nitrogens with one attached hydrogen (secondary N) is 2. The highest BCUT2D eigenvalue weighted by molar-refractivity contribution is 7.92. The van der Waals surface area contributed by atoms with Gasteiger partial charge in [0.25, 0.3) is 5.91 Å². The lowest BCUT2D eigenvalue weighted by atomic mass is 10.1. The van der Waals surface area contributed by atoms with Crippen LogP contribution in [0.3, 0.4) is 0 Å². The summed E-state index contributed by atoms with van der Waals surface area (Å²) in [6.07, 6.45) is 0.971. The summed E-state index contributed by atoms with van der Waals surface area (Å²) in [5, 5.41) is 2.72. The highest BCUT2D eigenvalue weighted by Crippen LogP contribution is 2.26. The molecule has 2 aromatic carbocycles. The van der Waals surface area contributed by atoms with Gasteiger partial charge >= 0.3 is 0 Å². The average molecular weight is 421 g/mol. The first-order chi connectivity index (χ1) is 13.6. The van der Waals surface area contributed by atoms with Crippen LogP contribution in [0.25, 0.3) is 0 Å². The first kappa shape index (κ1) is 21.1. The molecule has 1 fully saturated rings. The van der Waals surface area contributed by atoms with Gasteiger partial charge in [-0.3, -0.25) is 9.52 Å². The summed E-state index contributed by atoms with van der Waals surface area (Å²) in [5.41, 5.74) is 2.62. The highest BCUT2D eigenvalue weighted by Gasteiger charge is 2.18. The molecule has 0 spiro atoms. The molecule has 1 amide bonds. The zero-order valence-corrected chi connectivity index (χ0v) is 17.5. The zero-order chi connectivity index (χ0) is 21.2. The van der Waals surface area contributed by atoms with Gasteiger partial charge in [0.1, 0.15) is 5.82 Å². The van der Waals surface area contributed by atoms with Gasteiger partial charge in [-0.15, -0.1) is 0 Å². The van der Waals surface area contributed by atoms with E-state index in [0.717, 1.165) is 55.8 Å². The standard InChI is InChI=1S/C20H25FN4O3S/c1-14-12-16(5-7-19(14)25-10-8-24(2)9-11-25)22-20(26)17-13-15(21)4-6-18(17)23-29(3,27)28/h4-7,12-13,23H,8-11H2,1-3H3,(H,22,26). The molecule has 0 bridgehead atoms. The van der Waals surface area contributed by atoms with E-state index in [1.807, 2.05) is 19.1 Å². The van der Waals surface area contributed by atoms with Gasteiger partial charge in [-0.25, -0.2) is 12.8 Å². The van der Waals surface area contributed by atoms with Crippen molar-refractivity contribution in [1.29, 1.82) is 0 Å². The number of piperazine rings is 1. The SMILES string of the molecule is Cc1cc(NC(=O)c2cc(F)ccc2NS(C)(=O)=O)ccc1N1CCN(C)CC1. The molecule has 2 N–H and O–H groups in total. The van der Waals surface area contributed by atoms with Crippen molar-refractivity contribution >= 4 is 33.0 Å². The van der Waals surface area contributed by atoms with Gasteiger partial charge in [0, 0.05) is 37.6 Å². The largest absolute Gasteiger partial charge is 0.369 e. The van der Waals surface area contributed by atoms with Gasteiger partial charge in [0.2, 0.25) is 10.0 Å². The van der Waals surface area contributed by atoms with Crippen molar-refractivity contribution in [2.24, 2.45) is 0 Å². The molecule has 2 aromatic rings. The number of carbonyl (C=O) groups is 1. The number of sulfonamides is 1. The average Bonchev–Trinajstić information content (AvgIpc) is 2.63. The summed E-state index contributed by atoms with van der Waals surface area (Å²) in [7, 11) is -1.51. The number of hydrogen-bond acceptors (Lipinski definition) is 5. The summed E-state index contributed by atoms with van der Waals surface area (Å²) in [4.78, 5) is 17.3. The smallest absolute Gasteiger partial charge is 0.257 e. The van der Waals surface area contributed by atoms with Crippen LogP contribution in [0.1, 0.15) is 15.9 Å². The van der Waals surface area contributed by atoms with Gasteiger partial charge in [-0.1, -0.05) is 0 Å². The fourth-order valence-electron chi connectivity index (χ4n) is 3.33. The van der Waals surface area contributed by atoms with Crippen LogP contribution in [0.2, 0.25) is 0 Å². The first-order valence-electron chi connectivity index (χ1n) is 9.25. The minimum atomic E-state index is -3.61. The lowest BCUT2D eigenvalue weighted by Gasteiger charge is -2.35. The van der Waals surface area contributed by atoms with Gasteiger partial charge in [0.15, 0.2) is 0 Å². The molecule has 1 heterocycles. The predicted molar refractivity (Wildman–Crippen MR) is 114 cm³/mol. The maximum absolute atomic E-state index is 13.7. The maximum atomic E-state index is 13.7. The maximum Gasteiger partial charge on any atom is 0.257 e. The molecule has 156 valence electrons. The van der Waals surface area contributed by atoms with Crippen LogP contribution in [0.4, 0.5) is 21.5 Å². The topological polar surface area (TPSA) is 81.8 Å². The Bertz CT molecular complexity index is 1020. The van der Waals surface area contributed by atoms with Crippen molar-refractivity contribution in [1.82, 2.24) is 4.90 Å². The van der Waals surface area contributed by atoms with Gasteiger partial charge in [-0.2, -0.15) is 0 Å². The molecular formula is C20H25FN4O3S. The Labute approximate surface area is 170 Å². The minimum Gasteiger partial charge on any atom is -0.369 e. The van der Waals surface area contributed by atoms with Crippen LogP contribution in [-0.4, -0.2) is 58.7 Å². The number of anilines is 3. The van der Waals surface area contributed by atoms with Crippen molar-refractivity contribution in [3.05, 3.63) is 53.3 Å². The van der Waals surface area contributed by atoms with E-state index in [4.69, 9.17) is 0 Å². The van der Waals surface area contributed by atoms with Gasteiger partial charge < -0.3 is 15.1 Å². The lowest BCUT2D eigenvalue weighted by Crippen LogP contribution is -2.44. The van der Waals surface area contributed by atoms with Gasteiger partial charge in [0.05, 0.1) is 17.5 Å². The van der Waals surface area contributed by atoms with Crippen LogP contribution >= 0.6 is 0 Å². The summed E-state index contributed by atoms with van der Waals surface area (Å²) in [5.74, 6) is -1.22. The second-order valence-corrected chi connectivity index (χ2v) is 9.06. The van der Waals surface area contributed by atoms with Crippen molar-refractivity contribution < 1.29 is 17.6 Å². The molecule has 0 radical (unpaired) electrons. The normalized spacial score (nSPS) is 15.2.